The van der Waals surface area contributed by atoms with Gasteiger partial charge in [0, 0.05) is 19.5 Å². The molecule has 2 aliphatic heterocycles. The molecule has 25 heavy (non-hydrogen) atoms. The van der Waals surface area contributed by atoms with Crippen LogP contribution in [0.15, 0.2) is 4.52 Å². The summed E-state index contributed by atoms with van der Waals surface area (Å²) in [6.07, 6.45) is 4.27. The lowest BCUT2D eigenvalue weighted by Gasteiger charge is -2.37. The molecule has 7 heteroatoms. The topological polar surface area (TPSA) is 74.5 Å². The number of amides is 2. The number of rotatable bonds is 4. The minimum absolute atomic E-state index is 0.0214. The van der Waals surface area contributed by atoms with Crippen molar-refractivity contribution >= 4 is 6.03 Å². The Morgan fingerprint density at radius 2 is 1.92 bits per heavy atom. The van der Waals surface area contributed by atoms with E-state index in [9.17, 15) is 4.79 Å². The molecule has 3 heterocycles. The van der Waals surface area contributed by atoms with E-state index in [0.717, 1.165) is 39.0 Å². The summed E-state index contributed by atoms with van der Waals surface area (Å²) < 4.78 is 5.31. The monoisotopic (exact) mass is 349 g/mol. The third-order valence-corrected chi connectivity index (χ3v) is 5.56. The van der Waals surface area contributed by atoms with Crippen molar-refractivity contribution in [1.29, 1.82) is 0 Å². The number of likely N-dealkylation sites (tertiary alicyclic amines) is 2. The molecule has 1 spiro atoms. The zero-order valence-electron chi connectivity index (χ0n) is 15.9. The van der Waals surface area contributed by atoms with E-state index in [1.54, 1.807) is 0 Å². The third kappa shape index (κ3) is 4.32. The van der Waals surface area contributed by atoms with E-state index in [1.165, 1.54) is 12.8 Å². The highest BCUT2D eigenvalue weighted by Gasteiger charge is 2.41. The van der Waals surface area contributed by atoms with E-state index in [0.29, 0.717) is 23.0 Å². The predicted octanol–water partition coefficient (Wildman–Crippen LogP) is 2.46. The molecule has 2 amide bonds. The van der Waals surface area contributed by atoms with Crippen LogP contribution in [0.5, 0.6) is 0 Å². The molecule has 2 fully saturated rings. The molecular weight excluding hydrogens is 318 g/mol. The van der Waals surface area contributed by atoms with Crippen LogP contribution >= 0.6 is 0 Å². The molecule has 3 rings (SSSR count). The van der Waals surface area contributed by atoms with Crippen LogP contribution in [0.4, 0.5) is 4.79 Å². The average molecular weight is 349 g/mol. The van der Waals surface area contributed by atoms with Crippen LogP contribution in [0.3, 0.4) is 0 Å². The van der Waals surface area contributed by atoms with Crippen molar-refractivity contribution in [1.82, 2.24) is 25.3 Å². The van der Waals surface area contributed by atoms with Crippen molar-refractivity contribution < 1.29 is 9.32 Å². The molecular formula is C18H31N5O2. The van der Waals surface area contributed by atoms with Crippen LogP contribution in [-0.2, 0) is 6.42 Å². The number of carbonyl (C=O) groups excluding carboxylic acids is 1. The minimum Gasteiger partial charge on any atom is -0.337 e. The summed E-state index contributed by atoms with van der Waals surface area (Å²) in [5, 5.41) is 7.02. The van der Waals surface area contributed by atoms with E-state index in [1.807, 2.05) is 11.8 Å². The summed E-state index contributed by atoms with van der Waals surface area (Å²) in [6.45, 7) is 10.1. The molecule has 0 unspecified atom stereocenters. The van der Waals surface area contributed by atoms with Gasteiger partial charge in [-0.1, -0.05) is 19.0 Å². The highest BCUT2D eigenvalue weighted by molar-refractivity contribution is 5.75. The van der Waals surface area contributed by atoms with Gasteiger partial charge < -0.3 is 19.6 Å². The summed E-state index contributed by atoms with van der Waals surface area (Å²) in [7, 11) is 2.17. The van der Waals surface area contributed by atoms with Crippen molar-refractivity contribution in [3.63, 3.8) is 0 Å². The maximum atomic E-state index is 12.6. The van der Waals surface area contributed by atoms with Crippen LogP contribution in [-0.4, -0.2) is 59.2 Å². The Morgan fingerprint density at radius 1 is 1.24 bits per heavy atom. The Bertz CT molecular complexity index is 592. The number of nitrogens with zero attached hydrogens (tertiary/aromatic N) is 4. The first-order chi connectivity index (χ1) is 11.9. The van der Waals surface area contributed by atoms with E-state index in [-0.39, 0.29) is 12.1 Å². The van der Waals surface area contributed by atoms with Gasteiger partial charge in [-0.3, -0.25) is 0 Å². The SMILES string of the molecule is CC(C)Cc1noc([C@@H](C)NC(=O)N2CCC3(CCN(C)CC3)C2)n1. The van der Waals surface area contributed by atoms with E-state index >= 15 is 0 Å². The Balaban J connectivity index is 1.53. The maximum absolute atomic E-state index is 12.6. The zero-order valence-corrected chi connectivity index (χ0v) is 15.9. The molecule has 1 atom stereocenters. The number of hydrogen-bond acceptors (Lipinski definition) is 5. The highest BCUT2D eigenvalue weighted by atomic mass is 16.5. The normalized spacial score (nSPS) is 21.9. The van der Waals surface area contributed by atoms with E-state index in [4.69, 9.17) is 4.52 Å². The first-order valence-corrected chi connectivity index (χ1v) is 9.43. The quantitative estimate of drug-likeness (QED) is 0.904. The Morgan fingerprint density at radius 3 is 2.60 bits per heavy atom. The van der Waals surface area contributed by atoms with Crippen LogP contribution in [0.2, 0.25) is 0 Å². The summed E-state index contributed by atoms with van der Waals surface area (Å²) >= 11 is 0. The first kappa shape index (κ1) is 18.2. The van der Waals surface area contributed by atoms with Crippen LogP contribution in [0, 0.1) is 11.3 Å². The molecule has 2 saturated heterocycles. The fraction of sp³-hybridized carbons (Fsp3) is 0.833. The maximum Gasteiger partial charge on any atom is 0.318 e. The number of urea groups is 1. The van der Waals surface area contributed by atoms with Crippen molar-refractivity contribution in [2.75, 3.05) is 33.2 Å². The van der Waals surface area contributed by atoms with Crippen molar-refractivity contribution in [3.8, 4) is 0 Å². The minimum atomic E-state index is -0.269. The number of piperidine rings is 1. The number of carbonyl (C=O) groups is 1. The van der Waals surface area contributed by atoms with Crippen molar-refractivity contribution in [2.24, 2.45) is 11.3 Å². The number of hydrogen-bond donors (Lipinski definition) is 1. The Labute approximate surface area is 150 Å². The standard InChI is InChI=1S/C18H31N5O2/c1-13(2)11-15-20-16(25-21-15)14(3)19-17(24)23-10-7-18(12-23)5-8-22(4)9-6-18/h13-14H,5-12H2,1-4H3,(H,19,24)/t14-/m1/s1. The second-order valence-corrected chi connectivity index (χ2v) is 8.29. The molecule has 0 radical (unpaired) electrons. The molecule has 1 aromatic rings. The van der Waals surface area contributed by atoms with Gasteiger partial charge in [0.15, 0.2) is 5.82 Å². The molecule has 0 bridgehead atoms. The summed E-state index contributed by atoms with van der Waals surface area (Å²) in [5.41, 5.74) is 0.321. The zero-order chi connectivity index (χ0) is 18.0. The van der Waals surface area contributed by atoms with E-state index < -0.39 is 0 Å². The molecule has 1 aromatic heterocycles. The van der Waals surface area contributed by atoms with Crippen molar-refractivity contribution in [3.05, 3.63) is 11.7 Å². The van der Waals surface area contributed by atoms with Gasteiger partial charge in [-0.15, -0.1) is 0 Å². The number of aromatic nitrogens is 2. The largest absolute Gasteiger partial charge is 0.337 e. The van der Waals surface area contributed by atoms with Gasteiger partial charge in [-0.2, -0.15) is 4.98 Å². The molecule has 0 saturated carbocycles. The lowest BCUT2D eigenvalue weighted by molar-refractivity contribution is 0.127. The second kappa shape index (κ2) is 7.32. The fourth-order valence-corrected chi connectivity index (χ4v) is 3.84. The Hall–Kier alpha value is -1.63. The summed E-state index contributed by atoms with van der Waals surface area (Å²) in [6, 6.07) is -0.290. The fourth-order valence-electron chi connectivity index (χ4n) is 3.84. The molecule has 0 aliphatic carbocycles. The lowest BCUT2D eigenvalue weighted by atomic mass is 9.78. The van der Waals surface area contributed by atoms with Gasteiger partial charge in [0.05, 0.1) is 0 Å². The van der Waals surface area contributed by atoms with Gasteiger partial charge in [0.1, 0.15) is 6.04 Å². The lowest BCUT2D eigenvalue weighted by Crippen LogP contribution is -2.43. The van der Waals surface area contributed by atoms with Crippen LogP contribution in [0.1, 0.15) is 57.8 Å². The van der Waals surface area contributed by atoms with E-state index in [2.05, 4.69) is 41.3 Å². The summed E-state index contributed by atoms with van der Waals surface area (Å²) in [4.78, 5) is 21.4. The van der Waals surface area contributed by atoms with Crippen LogP contribution in [0.25, 0.3) is 0 Å². The molecule has 140 valence electrons. The molecule has 7 nitrogen and oxygen atoms in total. The molecule has 2 aliphatic rings. The second-order valence-electron chi connectivity index (χ2n) is 8.29. The van der Waals surface area contributed by atoms with Gasteiger partial charge in [0.25, 0.3) is 0 Å². The van der Waals surface area contributed by atoms with Gasteiger partial charge in [-0.25, -0.2) is 4.79 Å². The first-order valence-electron chi connectivity index (χ1n) is 9.43. The third-order valence-electron chi connectivity index (χ3n) is 5.56. The van der Waals surface area contributed by atoms with Crippen LogP contribution < -0.4 is 5.32 Å². The molecule has 1 N–H and O–H groups in total. The average Bonchev–Trinajstić information content (AvgIpc) is 3.18. The predicted molar refractivity (Wildman–Crippen MR) is 95.1 cm³/mol. The smallest absolute Gasteiger partial charge is 0.318 e. The van der Waals surface area contributed by atoms with Gasteiger partial charge in [-0.05, 0) is 57.7 Å². The highest BCUT2D eigenvalue weighted by Crippen LogP contribution is 2.40. The summed E-state index contributed by atoms with van der Waals surface area (Å²) in [5.74, 6) is 1.67. The van der Waals surface area contributed by atoms with Gasteiger partial charge in [0.2, 0.25) is 5.89 Å². The number of nitrogens with one attached hydrogen (secondary N) is 1. The van der Waals surface area contributed by atoms with Gasteiger partial charge >= 0.3 is 6.03 Å². The van der Waals surface area contributed by atoms with Crippen molar-refractivity contribution in [2.45, 2.75) is 52.5 Å². The Kier molecular flexibility index (Phi) is 5.32. The molecule has 0 aromatic carbocycles.